The topological polar surface area (TPSA) is 52.6 Å². The predicted molar refractivity (Wildman–Crippen MR) is 117 cm³/mol. The molecule has 4 unspecified atom stereocenters. The summed E-state index contributed by atoms with van der Waals surface area (Å²) in [6.07, 6.45) is 6.12. The second-order valence-corrected chi connectivity index (χ2v) is 10.9. The molecule has 3 rings (SSSR count). The number of hydrogen-bond acceptors (Lipinski definition) is 4. The molecular weight excluding hydrogens is 390 g/mol. The van der Waals surface area contributed by atoms with Gasteiger partial charge in [-0.05, 0) is 76.3 Å². The van der Waals surface area contributed by atoms with Crippen LogP contribution in [0.5, 0.6) is 11.5 Å². The summed E-state index contributed by atoms with van der Waals surface area (Å²) in [5.74, 6) is 1.96. The third-order valence-corrected chi connectivity index (χ3v) is 9.39. The Bertz CT molecular complexity index is 775. The van der Waals surface area contributed by atoms with E-state index in [1.54, 1.807) is 24.3 Å². The molecule has 0 saturated heterocycles. The van der Waals surface area contributed by atoms with Crippen LogP contribution in [-0.2, 0) is 9.13 Å². The van der Waals surface area contributed by atoms with Crippen molar-refractivity contribution in [3.8, 4) is 11.5 Å². The van der Waals surface area contributed by atoms with Crippen LogP contribution in [0.15, 0.2) is 46.0 Å². The van der Waals surface area contributed by atoms with Gasteiger partial charge in [-0.15, -0.1) is 0 Å². The van der Waals surface area contributed by atoms with Gasteiger partial charge in [-0.3, -0.25) is 9.13 Å². The quantitative estimate of drug-likeness (QED) is 0.443. The Morgan fingerprint density at radius 1 is 0.821 bits per heavy atom. The summed E-state index contributed by atoms with van der Waals surface area (Å²) in [5.41, 5.74) is 2.42. The molecule has 1 aromatic carbocycles. The normalized spacial score (nSPS) is 25.4. The smallest absolute Gasteiger partial charge is 0.261 e. The van der Waals surface area contributed by atoms with E-state index in [-0.39, 0.29) is 0 Å². The van der Waals surface area contributed by atoms with E-state index >= 15 is 0 Å². The van der Waals surface area contributed by atoms with Crippen molar-refractivity contribution in [2.45, 2.75) is 66.2 Å². The van der Waals surface area contributed by atoms with Crippen molar-refractivity contribution in [2.75, 3.05) is 0 Å². The minimum atomic E-state index is -2.31. The third-order valence-electron chi connectivity index (χ3n) is 6.28. The maximum atomic E-state index is 12.8. The average molecular weight is 422 g/mol. The first-order valence-corrected chi connectivity index (χ1v) is 12.9. The van der Waals surface area contributed by atoms with Crippen LogP contribution in [0, 0.1) is 11.8 Å². The lowest BCUT2D eigenvalue weighted by atomic mass is 9.90. The van der Waals surface area contributed by atoms with Gasteiger partial charge in [0.15, 0.2) is 0 Å². The van der Waals surface area contributed by atoms with Crippen LogP contribution in [0.25, 0.3) is 0 Å². The summed E-state index contributed by atoms with van der Waals surface area (Å²) in [5, 5.41) is 1.95. The first kappa shape index (κ1) is 21.5. The Balaban J connectivity index is 1.71. The number of benzene rings is 1. The van der Waals surface area contributed by atoms with E-state index in [1.807, 2.05) is 0 Å². The molecule has 0 aliphatic heterocycles. The second-order valence-electron chi connectivity index (χ2n) is 8.16. The lowest BCUT2D eigenvalue weighted by Crippen LogP contribution is -2.06. The minimum Gasteiger partial charge on any atom is -0.442 e. The van der Waals surface area contributed by atoms with Gasteiger partial charge in [-0.25, -0.2) is 0 Å². The SMILES string of the molecule is CC1=C([PH](=O)Oc2cccc(O[PH](=O)C3=C(C)C(C)CCC3)c2)CCCC1C. The molecule has 0 saturated carbocycles. The molecular formula is C22H32O4P2. The van der Waals surface area contributed by atoms with E-state index in [1.165, 1.54) is 11.1 Å². The first-order chi connectivity index (χ1) is 13.4. The zero-order chi connectivity index (χ0) is 20.3. The second kappa shape index (κ2) is 9.51. The summed E-state index contributed by atoms with van der Waals surface area (Å²) in [7, 11) is -4.62. The minimum absolute atomic E-state index is 0.469. The predicted octanol–water partition coefficient (Wildman–Crippen LogP) is 7.58. The Kier molecular flexibility index (Phi) is 7.29. The van der Waals surface area contributed by atoms with Crippen molar-refractivity contribution >= 4 is 16.1 Å². The van der Waals surface area contributed by atoms with Gasteiger partial charge in [0, 0.05) is 16.7 Å². The van der Waals surface area contributed by atoms with Gasteiger partial charge in [-0.1, -0.05) is 31.1 Å². The summed E-state index contributed by atoms with van der Waals surface area (Å²) in [6, 6.07) is 7.06. The van der Waals surface area contributed by atoms with Crippen molar-refractivity contribution in [2.24, 2.45) is 11.8 Å². The van der Waals surface area contributed by atoms with Crippen molar-refractivity contribution in [1.82, 2.24) is 0 Å². The number of allylic oxidation sites excluding steroid dienone is 4. The molecule has 2 aliphatic carbocycles. The molecule has 0 aromatic heterocycles. The standard InChI is InChI=1S/C22H32O4P2/c1-15-8-5-12-21(17(15)3)27(23)25-19-10-7-11-20(14-19)26-28(24)22-13-6-9-16(2)18(22)4/h7,10-11,14-16,27-28H,5-6,8-9,12-13H2,1-4H3. The van der Waals surface area contributed by atoms with Gasteiger partial charge in [0.1, 0.15) is 11.5 Å². The van der Waals surface area contributed by atoms with E-state index in [9.17, 15) is 9.13 Å². The van der Waals surface area contributed by atoms with Crippen LogP contribution >= 0.6 is 16.1 Å². The molecule has 2 aliphatic rings. The summed E-state index contributed by atoms with van der Waals surface area (Å²) in [6.45, 7) is 8.49. The Morgan fingerprint density at radius 2 is 1.25 bits per heavy atom. The maximum Gasteiger partial charge on any atom is 0.261 e. The third kappa shape index (κ3) is 5.02. The van der Waals surface area contributed by atoms with Crippen LogP contribution in [0.3, 0.4) is 0 Å². The molecule has 4 nitrogen and oxygen atoms in total. The molecule has 0 bridgehead atoms. The highest BCUT2D eigenvalue weighted by atomic mass is 31.1. The molecule has 0 spiro atoms. The molecule has 1 aromatic rings. The first-order valence-electron chi connectivity index (χ1n) is 10.3. The van der Waals surface area contributed by atoms with E-state index in [2.05, 4.69) is 27.7 Å². The zero-order valence-electron chi connectivity index (χ0n) is 17.3. The Hall–Kier alpha value is -1.24. The van der Waals surface area contributed by atoms with Crippen LogP contribution in [-0.4, -0.2) is 0 Å². The highest BCUT2D eigenvalue weighted by molar-refractivity contribution is 7.45. The molecule has 6 heteroatoms. The lowest BCUT2D eigenvalue weighted by molar-refractivity contribution is 0.487. The van der Waals surface area contributed by atoms with Gasteiger partial charge in [0.2, 0.25) is 0 Å². The van der Waals surface area contributed by atoms with Gasteiger partial charge in [0.25, 0.3) is 16.1 Å². The molecule has 0 N–H and O–H groups in total. The highest BCUT2D eigenvalue weighted by Gasteiger charge is 2.23. The van der Waals surface area contributed by atoms with Crippen molar-refractivity contribution in [3.05, 3.63) is 46.0 Å². The van der Waals surface area contributed by atoms with Crippen LogP contribution in [0.1, 0.15) is 66.2 Å². The molecule has 0 amide bonds. The highest BCUT2D eigenvalue weighted by Crippen LogP contribution is 2.47. The van der Waals surface area contributed by atoms with Crippen molar-refractivity contribution in [3.63, 3.8) is 0 Å². The zero-order valence-corrected chi connectivity index (χ0v) is 19.3. The fourth-order valence-corrected chi connectivity index (χ4v) is 6.88. The number of rotatable bonds is 6. The fourth-order valence-electron chi connectivity index (χ4n) is 4.06. The average Bonchev–Trinajstić information content (AvgIpc) is 2.66. The van der Waals surface area contributed by atoms with Gasteiger partial charge in [0.05, 0.1) is 0 Å². The molecule has 28 heavy (non-hydrogen) atoms. The molecule has 154 valence electrons. The summed E-state index contributed by atoms with van der Waals surface area (Å²) in [4.78, 5) is 0. The molecule has 0 fully saturated rings. The van der Waals surface area contributed by atoms with Gasteiger partial charge < -0.3 is 9.05 Å². The van der Waals surface area contributed by atoms with Crippen LogP contribution in [0.4, 0.5) is 0 Å². The van der Waals surface area contributed by atoms with E-state index in [0.717, 1.165) is 49.2 Å². The molecule has 0 heterocycles. The van der Waals surface area contributed by atoms with Crippen LogP contribution < -0.4 is 9.05 Å². The lowest BCUT2D eigenvalue weighted by Gasteiger charge is -2.24. The summed E-state index contributed by atoms with van der Waals surface area (Å²) >= 11 is 0. The molecule has 0 radical (unpaired) electrons. The number of hydrogen-bond donors (Lipinski definition) is 0. The van der Waals surface area contributed by atoms with Crippen molar-refractivity contribution < 1.29 is 18.2 Å². The fraction of sp³-hybridized carbons (Fsp3) is 0.545. The van der Waals surface area contributed by atoms with E-state index in [0.29, 0.717) is 23.3 Å². The van der Waals surface area contributed by atoms with Gasteiger partial charge >= 0.3 is 0 Å². The van der Waals surface area contributed by atoms with Crippen molar-refractivity contribution in [1.29, 1.82) is 0 Å². The maximum absolute atomic E-state index is 12.8. The Labute approximate surface area is 170 Å². The van der Waals surface area contributed by atoms with E-state index in [4.69, 9.17) is 9.05 Å². The summed E-state index contributed by atoms with van der Waals surface area (Å²) < 4.78 is 37.1. The molecule has 4 atom stereocenters. The van der Waals surface area contributed by atoms with Gasteiger partial charge in [-0.2, -0.15) is 0 Å². The Morgan fingerprint density at radius 3 is 1.68 bits per heavy atom. The largest absolute Gasteiger partial charge is 0.442 e. The van der Waals surface area contributed by atoms with Crippen LogP contribution in [0.2, 0.25) is 0 Å². The monoisotopic (exact) mass is 422 g/mol. The van der Waals surface area contributed by atoms with E-state index < -0.39 is 16.1 Å².